The fourth-order valence-electron chi connectivity index (χ4n) is 3.08. The molecule has 2 rings (SSSR count). The minimum Gasteiger partial charge on any atom is -0.370 e. The zero-order valence-electron chi connectivity index (χ0n) is 16.1. The van der Waals surface area contributed by atoms with Crippen LogP contribution in [-0.4, -0.2) is 53.9 Å². The summed E-state index contributed by atoms with van der Waals surface area (Å²) in [5, 5.41) is 0. The summed E-state index contributed by atoms with van der Waals surface area (Å²) in [5.41, 5.74) is 0.734. The van der Waals surface area contributed by atoms with Crippen LogP contribution >= 0.6 is 0 Å². The maximum atomic E-state index is 13.3. The quantitative estimate of drug-likeness (QED) is 0.780. The third kappa shape index (κ3) is 5.80. The second-order valence-corrected chi connectivity index (χ2v) is 7.63. The zero-order chi connectivity index (χ0) is 19.3. The lowest BCUT2D eigenvalue weighted by Crippen LogP contribution is -2.42. The molecule has 1 aliphatic rings. The van der Waals surface area contributed by atoms with Crippen LogP contribution in [0.15, 0.2) is 24.3 Å². The highest BCUT2D eigenvalue weighted by Gasteiger charge is 2.31. The van der Waals surface area contributed by atoms with Crippen LogP contribution in [0.5, 0.6) is 0 Å². The molecule has 6 heteroatoms. The second kappa shape index (κ2) is 9.12. The van der Waals surface area contributed by atoms with Gasteiger partial charge in [0.15, 0.2) is 0 Å². The van der Waals surface area contributed by atoms with Crippen molar-refractivity contribution < 1.29 is 18.7 Å². The van der Waals surface area contributed by atoms with Gasteiger partial charge in [0.25, 0.3) is 0 Å². The summed E-state index contributed by atoms with van der Waals surface area (Å²) < 4.78 is 19.3. The van der Waals surface area contributed by atoms with Gasteiger partial charge in [-0.3, -0.25) is 9.59 Å². The Morgan fingerprint density at radius 2 is 2.00 bits per heavy atom. The Morgan fingerprint density at radius 3 is 2.62 bits per heavy atom. The van der Waals surface area contributed by atoms with Crippen LogP contribution in [0.3, 0.4) is 0 Å². The maximum Gasteiger partial charge on any atom is 0.242 e. The highest BCUT2D eigenvalue weighted by Crippen LogP contribution is 2.15. The largest absolute Gasteiger partial charge is 0.370 e. The summed E-state index contributed by atoms with van der Waals surface area (Å²) in [6.07, 6.45) is -0.300. The number of hydrogen-bond donors (Lipinski definition) is 0. The number of ether oxygens (including phenoxy) is 1. The molecule has 144 valence electrons. The molecule has 26 heavy (non-hydrogen) atoms. The molecular weight excluding hydrogens is 335 g/mol. The molecule has 0 N–H and O–H groups in total. The van der Waals surface area contributed by atoms with E-state index in [1.165, 1.54) is 12.1 Å². The lowest BCUT2D eigenvalue weighted by Gasteiger charge is -2.26. The third-order valence-electron chi connectivity index (χ3n) is 4.29. The molecular formula is C20H29FN2O3. The molecule has 0 bridgehead atoms. The van der Waals surface area contributed by atoms with Crippen LogP contribution in [-0.2, 0) is 20.9 Å². The van der Waals surface area contributed by atoms with E-state index in [9.17, 15) is 14.0 Å². The first-order chi connectivity index (χ1) is 12.3. The average molecular weight is 364 g/mol. The van der Waals surface area contributed by atoms with Crippen molar-refractivity contribution >= 4 is 11.8 Å². The number of rotatable bonds is 6. The van der Waals surface area contributed by atoms with Crippen LogP contribution in [0, 0.1) is 17.7 Å². The van der Waals surface area contributed by atoms with Gasteiger partial charge in [-0.15, -0.1) is 0 Å². The molecule has 1 saturated heterocycles. The Morgan fingerprint density at radius 1 is 1.27 bits per heavy atom. The number of amides is 2. The molecule has 0 aromatic heterocycles. The fourth-order valence-corrected chi connectivity index (χ4v) is 3.08. The van der Waals surface area contributed by atoms with Crippen molar-refractivity contribution in [1.82, 2.24) is 9.80 Å². The van der Waals surface area contributed by atoms with Crippen LogP contribution in [0.2, 0.25) is 0 Å². The van der Waals surface area contributed by atoms with Crippen molar-refractivity contribution in [2.75, 3.05) is 26.2 Å². The molecule has 1 atom stereocenters. The van der Waals surface area contributed by atoms with Crippen molar-refractivity contribution in [1.29, 1.82) is 0 Å². The van der Waals surface area contributed by atoms with Gasteiger partial charge in [0.05, 0.1) is 19.3 Å². The van der Waals surface area contributed by atoms with Crippen LogP contribution in [0.1, 0.15) is 33.3 Å². The first kappa shape index (κ1) is 20.4. The normalized spacial score (nSPS) is 18.6. The van der Waals surface area contributed by atoms with Crippen LogP contribution in [0.4, 0.5) is 4.39 Å². The monoisotopic (exact) mass is 364 g/mol. The average Bonchev–Trinajstić information content (AvgIpc) is 2.71. The molecule has 1 aromatic rings. The summed E-state index contributed by atoms with van der Waals surface area (Å²) >= 11 is 0. The molecule has 0 aliphatic carbocycles. The number of carbonyl (C=O) groups is 2. The number of benzene rings is 1. The van der Waals surface area contributed by atoms with E-state index in [0.717, 1.165) is 5.56 Å². The van der Waals surface area contributed by atoms with Crippen molar-refractivity contribution in [3.05, 3.63) is 35.6 Å². The summed E-state index contributed by atoms with van der Waals surface area (Å²) in [4.78, 5) is 28.4. The molecule has 0 radical (unpaired) electrons. The Balaban J connectivity index is 2.11. The van der Waals surface area contributed by atoms with Gasteiger partial charge in [-0.2, -0.15) is 0 Å². The molecule has 1 fully saturated rings. The van der Waals surface area contributed by atoms with Crippen molar-refractivity contribution in [2.45, 2.75) is 40.4 Å². The fraction of sp³-hybridized carbons (Fsp3) is 0.600. The van der Waals surface area contributed by atoms with Crippen LogP contribution in [0.25, 0.3) is 0 Å². The van der Waals surface area contributed by atoms with E-state index in [0.29, 0.717) is 25.6 Å². The number of nitrogens with zero attached hydrogens (tertiary/aromatic N) is 2. The predicted molar refractivity (Wildman–Crippen MR) is 97.8 cm³/mol. The molecule has 0 spiro atoms. The topological polar surface area (TPSA) is 49.9 Å². The molecule has 5 nitrogen and oxygen atoms in total. The molecule has 1 heterocycles. The van der Waals surface area contributed by atoms with Crippen LogP contribution < -0.4 is 0 Å². The van der Waals surface area contributed by atoms with Gasteiger partial charge in [0.1, 0.15) is 5.82 Å². The highest BCUT2D eigenvalue weighted by molar-refractivity contribution is 5.86. The Hall–Kier alpha value is -1.95. The number of halogens is 1. The predicted octanol–water partition coefficient (Wildman–Crippen LogP) is 2.69. The minimum absolute atomic E-state index is 0.0513. The third-order valence-corrected chi connectivity index (χ3v) is 4.29. The van der Waals surface area contributed by atoms with Gasteiger partial charge >= 0.3 is 0 Å². The number of hydrogen-bond acceptors (Lipinski definition) is 3. The summed E-state index contributed by atoms with van der Waals surface area (Å²) in [6.45, 7) is 9.52. The molecule has 1 aromatic carbocycles. The van der Waals surface area contributed by atoms with Gasteiger partial charge < -0.3 is 14.5 Å². The smallest absolute Gasteiger partial charge is 0.242 e. The van der Waals surface area contributed by atoms with E-state index < -0.39 is 0 Å². The second-order valence-electron chi connectivity index (χ2n) is 7.63. The lowest BCUT2D eigenvalue weighted by atomic mass is 10.2. The van der Waals surface area contributed by atoms with Crippen molar-refractivity contribution in [2.24, 2.45) is 11.8 Å². The maximum absolute atomic E-state index is 13.3. The minimum atomic E-state index is -0.305. The van der Waals surface area contributed by atoms with Gasteiger partial charge in [0, 0.05) is 25.6 Å². The van der Waals surface area contributed by atoms with Crippen molar-refractivity contribution in [3.63, 3.8) is 0 Å². The Labute approximate surface area is 155 Å². The number of carbonyl (C=O) groups excluding carboxylic acids is 2. The van der Waals surface area contributed by atoms with E-state index in [4.69, 9.17) is 4.74 Å². The first-order valence-corrected chi connectivity index (χ1v) is 9.19. The van der Waals surface area contributed by atoms with Gasteiger partial charge in [-0.05, 0) is 23.6 Å². The van der Waals surface area contributed by atoms with Gasteiger partial charge in [-0.1, -0.05) is 39.8 Å². The Kier molecular flexibility index (Phi) is 7.14. The van der Waals surface area contributed by atoms with E-state index in [2.05, 4.69) is 13.8 Å². The van der Waals surface area contributed by atoms with E-state index >= 15 is 0 Å². The zero-order valence-corrected chi connectivity index (χ0v) is 16.1. The first-order valence-electron chi connectivity index (χ1n) is 9.19. The van der Waals surface area contributed by atoms with Gasteiger partial charge in [-0.25, -0.2) is 4.39 Å². The summed E-state index contributed by atoms with van der Waals surface area (Å²) in [7, 11) is 0. The van der Waals surface area contributed by atoms with Gasteiger partial charge in [0.2, 0.25) is 11.8 Å². The van der Waals surface area contributed by atoms with E-state index in [1.807, 2.05) is 13.8 Å². The Bertz CT molecular complexity index is 633. The molecule has 0 unspecified atom stereocenters. The SMILES string of the molecule is CC(C)CN1C[C@@H](OCc2cccc(F)c2)CN(C(=O)C(C)C)CC1=O. The highest BCUT2D eigenvalue weighted by atomic mass is 19.1. The molecule has 1 aliphatic heterocycles. The standard InChI is InChI=1S/C20H29FN2O3/c1-14(2)9-22-10-18(26-13-16-6-5-7-17(21)8-16)11-23(12-19(22)24)20(25)15(3)4/h5-8,14-15,18H,9-13H2,1-4H3/t18-/m1/s1. The molecule has 0 saturated carbocycles. The van der Waals surface area contributed by atoms with Crippen molar-refractivity contribution in [3.8, 4) is 0 Å². The van der Waals surface area contributed by atoms with E-state index in [1.54, 1.807) is 21.9 Å². The lowest BCUT2D eigenvalue weighted by molar-refractivity contribution is -0.140. The molecule has 2 amide bonds. The summed E-state index contributed by atoms with van der Waals surface area (Å²) in [5.74, 6) is -0.257. The summed E-state index contributed by atoms with van der Waals surface area (Å²) in [6, 6.07) is 6.27. The van der Waals surface area contributed by atoms with E-state index in [-0.39, 0.29) is 42.8 Å².